The minimum atomic E-state index is -2.34. The van der Waals surface area contributed by atoms with Gasteiger partial charge in [-0.25, -0.2) is 0 Å². The maximum Gasteiger partial charge on any atom is 0.557 e. The van der Waals surface area contributed by atoms with E-state index < -0.39 is 38.1 Å². The number of hydrogen-bond donors (Lipinski definition) is 1. The summed E-state index contributed by atoms with van der Waals surface area (Å²) in [6, 6.07) is 0. The van der Waals surface area contributed by atoms with Gasteiger partial charge in [0.2, 0.25) is 10.5 Å². The van der Waals surface area contributed by atoms with Gasteiger partial charge in [0, 0.05) is 65.4 Å². The van der Waals surface area contributed by atoms with Crippen molar-refractivity contribution in [2.75, 3.05) is 0 Å². The molecule has 0 aromatic heterocycles. The largest absolute Gasteiger partial charge is 0.557 e. The van der Waals surface area contributed by atoms with Gasteiger partial charge in [0.05, 0.1) is 0 Å². The van der Waals surface area contributed by atoms with Gasteiger partial charge in [-0.15, -0.1) is 0 Å². The fraction of sp³-hybridized carbons (Fsp3) is 0. The molecule has 0 saturated carbocycles. The van der Waals surface area contributed by atoms with Crippen LogP contribution in [0.25, 0.3) is 0 Å². The molecule has 0 spiro atoms. The first-order valence-corrected chi connectivity index (χ1v) is 9.24. The molecular formula is HO8Si6Y2. The average molecular weight is 475 g/mol. The molecule has 2 saturated heterocycles. The molecular weight excluding hydrogens is 474 g/mol. The minimum absolute atomic E-state index is 0. The van der Waals surface area contributed by atoms with Gasteiger partial charge in [-0.1, -0.05) is 0 Å². The third-order valence-electron chi connectivity index (χ3n) is 1.01. The normalized spacial score (nSPS) is 25.1. The van der Waals surface area contributed by atoms with Crippen LogP contribution < -0.4 is 0 Å². The second-order valence-corrected chi connectivity index (χ2v) is 9.73. The molecule has 2 bridgehead atoms. The van der Waals surface area contributed by atoms with Gasteiger partial charge in [-0.3, -0.25) is 0 Å². The maximum atomic E-state index is 9.16. The monoisotopic (exact) mass is 475 g/mol. The van der Waals surface area contributed by atoms with E-state index in [-0.39, 0.29) is 75.4 Å². The van der Waals surface area contributed by atoms with Crippen LogP contribution in [0.5, 0.6) is 0 Å². The predicted octanol–water partition coefficient (Wildman–Crippen LogP) is -3.33. The molecule has 79 valence electrons. The second-order valence-electron chi connectivity index (χ2n) is 1.81. The summed E-state index contributed by atoms with van der Waals surface area (Å²) in [7, 11) is -5.79. The van der Waals surface area contributed by atoms with Crippen LogP contribution in [-0.2, 0) is 94.2 Å². The Labute approximate surface area is 155 Å². The maximum absolute atomic E-state index is 9.16. The van der Waals surface area contributed by atoms with Gasteiger partial charge in [0.25, 0.3) is 0 Å². The van der Waals surface area contributed by atoms with E-state index in [2.05, 4.69) is 10.5 Å². The molecule has 2 rings (SSSR count). The molecule has 0 aromatic rings. The molecule has 1 N–H and O–H groups in total. The molecule has 8 nitrogen and oxygen atoms in total. The zero-order chi connectivity index (χ0) is 9.97. The van der Waals surface area contributed by atoms with Crippen molar-refractivity contribution >= 4 is 58.6 Å². The van der Waals surface area contributed by atoms with Crippen LogP contribution in [0, 0.1) is 0 Å². The smallest absolute Gasteiger partial charge is 0.414 e. The number of hydrogen-bond acceptors (Lipinski definition) is 8. The van der Waals surface area contributed by atoms with Crippen molar-refractivity contribution < 1.29 is 99.0 Å². The van der Waals surface area contributed by atoms with Crippen LogP contribution in [0.4, 0.5) is 0 Å². The molecule has 0 unspecified atom stereocenters. The number of rotatable bonds is 1. The van der Waals surface area contributed by atoms with Crippen molar-refractivity contribution in [3.63, 3.8) is 0 Å². The van der Waals surface area contributed by atoms with Crippen LogP contribution in [-0.4, -0.2) is 63.4 Å². The van der Waals surface area contributed by atoms with Crippen LogP contribution >= 0.6 is 0 Å². The third-order valence-corrected chi connectivity index (χ3v) is 9.07. The average Bonchev–Trinajstić information content (AvgIpc) is 2.15. The first-order valence-electron chi connectivity index (χ1n) is 3.08. The SMILES string of the molecule is O[Si]1O[Si]O[Si]2O[Si](O[Si])O[Si](O1)O2.[Y].[Y]. The first kappa shape index (κ1) is 19.2. The van der Waals surface area contributed by atoms with Gasteiger partial charge in [0.15, 0.2) is 0 Å². The van der Waals surface area contributed by atoms with E-state index in [0.717, 1.165) is 0 Å². The molecule has 16 heavy (non-hydrogen) atoms. The summed E-state index contributed by atoms with van der Waals surface area (Å²) in [5.74, 6) is 0. The Balaban J connectivity index is 0.00000112. The zero-order valence-corrected chi connectivity index (χ0v) is 19.1. The van der Waals surface area contributed by atoms with Gasteiger partial charge >= 0.3 is 48.1 Å². The quantitative estimate of drug-likeness (QED) is 0.395. The van der Waals surface area contributed by atoms with Crippen LogP contribution in [0.2, 0.25) is 0 Å². The predicted molar refractivity (Wildman–Crippen MR) is 44.3 cm³/mol. The summed E-state index contributed by atoms with van der Waals surface area (Å²) in [5.41, 5.74) is 0. The van der Waals surface area contributed by atoms with E-state index in [1.54, 1.807) is 0 Å². The Morgan fingerprint density at radius 3 is 2.38 bits per heavy atom. The first-order chi connectivity index (χ1) is 6.78. The molecule has 0 amide bonds. The van der Waals surface area contributed by atoms with Crippen molar-refractivity contribution in [1.82, 2.24) is 0 Å². The van der Waals surface area contributed by atoms with E-state index in [0.29, 0.717) is 0 Å². The Morgan fingerprint density at radius 2 is 1.69 bits per heavy atom. The molecule has 16 heteroatoms. The minimum Gasteiger partial charge on any atom is -0.414 e. The Kier molecular flexibility index (Phi) is 12.0. The molecule has 2 heterocycles. The van der Waals surface area contributed by atoms with Crippen molar-refractivity contribution in [1.29, 1.82) is 0 Å². The van der Waals surface area contributed by atoms with E-state index >= 15 is 0 Å². The van der Waals surface area contributed by atoms with Crippen LogP contribution in [0.3, 0.4) is 0 Å². The Bertz CT molecular complexity index is 191. The second kappa shape index (κ2) is 9.99. The standard InChI is InChI=1S/HO8Si6.2Y/c1-11-3-10-4-13-6-12(2-9)7-14(5-11)8-13;;/h1H;;. The van der Waals surface area contributed by atoms with E-state index in [9.17, 15) is 0 Å². The summed E-state index contributed by atoms with van der Waals surface area (Å²) >= 11 is 0. The van der Waals surface area contributed by atoms with Crippen LogP contribution in [0.15, 0.2) is 0 Å². The van der Waals surface area contributed by atoms with Gasteiger partial charge in [0.1, 0.15) is 0 Å². The molecule has 0 atom stereocenters. The summed E-state index contributed by atoms with van der Waals surface area (Å²) in [6.07, 6.45) is 0. The Morgan fingerprint density at radius 1 is 1.00 bits per heavy atom. The molecule has 11 radical (unpaired) electrons. The van der Waals surface area contributed by atoms with Crippen molar-refractivity contribution in [3.8, 4) is 0 Å². The molecule has 2 aliphatic rings. The van der Waals surface area contributed by atoms with Gasteiger partial charge in [-0.2, -0.15) is 0 Å². The number of fused-ring (bicyclic) bond motifs is 2. The zero-order valence-electron chi connectivity index (χ0n) is 7.46. The summed E-state index contributed by atoms with van der Waals surface area (Å²) in [6.45, 7) is 0. The molecule has 2 fully saturated rings. The van der Waals surface area contributed by atoms with Crippen LogP contribution in [0.1, 0.15) is 0 Å². The van der Waals surface area contributed by atoms with E-state index in [4.69, 9.17) is 33.6 Å². The summed E-state index contributed by atoms with van der Waals surface area (Å²) in [4.78, 5) is 9.16. The van der Waals surface area contributed by atoms with Crippen molar-refractivity contribution in [2.45, 2.75) is 0 Å². The fourth-order valence-electron chi connectivity index (χ4n) is 0.574. The van der Waals surface area contributed by atoms with Gasteiger partial charge in [-0.05, 0) is 0 Å². The van der Waals surface area contributed by atoms with Gasteiger partial charge < -0.3 is 33.6 Å². The van der Waals surface area contributed by atoms with Crippen molar-refractivity contribution in [2.24, 2.45) is 0 Å². The summed E-state index contributed by atoms with van der Waals surface area (Å²) in [5, 5.41) is 0. The molecule has 0 aliphatic carbocycles. The molecule has 0 aromatic carbocycles. The fourth-order valence-corrected chi connectivity index (χ4v) is 9.29. The topological polar surface area (TPSA) is 84.8 Å². The third kappa shape index (κ3) is 6.09. The Hall–Kier alpha value is 3.19. The van der Waals surface area contributed by atoms with E-state index in [1.165, 1.54) is 0 Å². The molecule has 2 aliphatic heterocycles. The summed E-state index contributed by atoms with van der Waals surface area (Å²) < 4.78 is 35.0. The van der Waals surface area contributed by atoms with Crippen molar-refractivity contribution in [3.05, 3.63) is 0 Å². The van der Waals surface area contributed by atoms with E-state index in [1.807, 2.05) is 0 Å².